The third-order valence-corrected chi connectivity index (χ3v) is 8.77. The topological polar surface area (TPSA) is 103 Å². The number of furan rings is 1. The standard InChI is InChI=1S/C17H17NO6S3/c1-23-13-6-8-14(9-7-13)27(21,22)18-12-16(15-4-2-10-24-15)26(19,20)17-5-3-11-25-17/h2-11,16,18H,12H2,1H3/t16-/m1/s1. The fourth-order valence-electron chi connectivity index (χ4n) is 2.43. The van der Waals surface area contributed by atoms with Crippen molar-refractivity contribution in [1.29, 1.82) is 0 Å². The quantitative estimate of drug-likeness (QED) is 0.593. The highest BCUT2D eigenvalue weighted by Crippen LogP contribution is 2.31. The van der Waals surface area contributed by atoms with Gasteiger partial charge < -0.3 is 9.15 Å². The molecule has 7 nitrogen and oxygen atoms in total. The summed E-state index contributed by atoms with van der Waals surface area (Å²) in [5.41, 5.74) is 0. The summed E-state index contributed by atoms with van der Waals surface area (Å²) in [6, 6.07) is 12.0. The number of sulfonamides is 1. The van der Waals surface area contributed by atoms with Crippen molar-refractivity contribution in [1.82, 2.24) is 4.72 Å². The van der Waals surface area contributed by atoms with Gasteiger partial charge in [0.05, 0.1) is 18.3 Å². The lowest BCUT2D eigenvalue weighted by Crippen LogP contribution is -2.31. The number of hydrogen-bond acceptors (Lipinski definition) is 7. The number of sulfone groups is 1. The van der Waals surface area contributed by atoms with E-state index >= 15 is 0 Å². The third-order valence-electron chi connectivity index (χ3n) is 3.84. The highest BCUT2D eigenvalue weighted by atomic mass is 32.2. The molecule has 0 aliphatic carbocycles. The number of thiophene rings is 1. The van der Waals surface area contributed by atoms with E-state index in [-0.39, 0.29) is 21.4 Å². The van der Waals surface area contributed by atoms with E-state index in [1.807, 2.05) is 0 Å². The summed E-state index contributed by atoms with van der Waals surface area (Å²) in [5.74, 6) is 0.684. The minimum absolute atomic E-state index is 0.00927. The van der Waals surface area contributed by atoms with Crippen LogP contribution in [0.1, 0.15) is 11.0 Å². The number of benzene rings is 1. The second kappa shape index (κ2) is 7.85. The molecule has 0 unspecified atom stereocenters. The minimum Gasteiger partial charge on any atom is -0.497 e. The Morgan fingerprint density at radius 1 is 1.07 bits per heavy atom. The molecule has 0 bridgehead atoms. The second-order valence-corrected chi connectivity index (χ2v) is 10.6. The van der Waals surface area contributed by atoms with Gasteiger partial charge in [0.15, 0.2) is 9.84 Å². The molecule has 0 aliphatic heterocycles. The van der Waals surface area contributed by atoms with E-state index < -0.39 is 25.1 Å². The molecule has 1 atom stereocenters. The van der Waals surface area contributed by atoms with Crippen LogP contribution in [0.2, 0.25) is 0 Å². The lowest BCUT2D eigenvalue weighted by Gasteiger charge is -2.16. The van der Waals surface area contributed by atoms with E-state index in [0.29, 0.717) is 5.75 Å². The first-order valence-corrected chi connectivity index (χ1v) is 11.7. The maximum absolute atomic E-state index is 12.9. The molecule has 3 rings (SSSR count). The molecule has 3 aromatic rings. The normalized spacial score (nSPS) is 13.4. The average Bonchev–Trinajstić information content (AvgIpc) is 3.36. The number of rotatable bonds is 8. The van der Waals surface area contributed by atoms with Crippen LogP contribution in [0, 0.1) is 0 Å². The van der Waals surface area contributed by atoms with Gasteiger partial charge in [-0.25, -0.2) is 21.6 Å². The van der Waals surface area contributed by atoms with E-state index in [9.17, 15) is 16.8 Å². The van der Waals surface area contributed by atoms with Crippen molar-refractivity contribution in [3.8, 4) is 5.75 Å². The van der Waals surface area contributed by atoms with Gasteiger partial charge in [-0.1, -0.05) is 6.07 Å². The van der Waals surface area contributed by atoms with Crippen molar-refractivity contribution >= 4 is 31.2 Å². The Bertz CT molecular complexity index is 1070. The first-order chi connectivity index (χ1) is 12.8. The van der Waals surface area contributed by atoms with E-state index in [4.69, 9.17) is 9.15 Å². The highest BCUT2D eigenvalue weighted by Gasteiger charge is 2.33. The molecule has 10 heteroatoms. The monoisotopic (exact) mass is 427 g/mol. The van der Waals surface area contributed by atoms with Crippen LogP contribution >= 0.6 is 11.3 Å². The zero-order chi connectivity index (χ0) is 19.5. The van der Waals surface area contributed by atoms with Gasteiger partial charge >= 0.3 is 0 Å². The smallest absolute Gasteiger partial charge is 0.240 e. The zero-order valence-electron chi connectivity index (χ0n) is 14.2. The molecule has 0 spiro atoms. The SMILES string of the molecule is COc1ccc(S(=O)(=O)NC[C@H](c2ccco2)S(=O)(=O)c2cccs2)cc1. The van der Waals surface area contributed by atoms with Crippen LogP contribution in [0.25, 0.3) is 0 Å². The first-order valence-electron chi connectivity index (χ1n) is 7.79. The van der Waals surface area contributed by atoms with Gasteiger partial charge in [0, 0.05) is 6.54 Å². The van der Waals surface area contributed by atoms with E-state index in [0.717, 1.165) is 11.3 Å². The molecule has 0 radical (unpaired) electrons. The number of ether oxygens (including phenoxy) is 1. The van der Waals surface area contributed by atoms with E-state index in [1.54, 1.807) is 17.5 Å². The first kappa shape index (κ1) is 19.6. The molecule has 0 amide bonds. The number of hydrogen-bond donors (Lipinski definition) is 1. The molecule has 2 heterocycles. The van der Waals surface area contributed by atoms with Crippen molar-refractivity contribution in [3.05, 3.63) is 65.9 Å². The van der Waals surface area contributed by atoms with Gasteiger partial charge in [0.1, 0.15) is 21.0 Å². The summed E-state index contributed by atoms with van der Waals surface area (Å²) < 4.78 is 63.7. The average molecular weight is 428 g/mol. The zero-order valence-corrected chi connectivity index (χ0v) is 16.7. The Hall–Kier alpha value is -2.14. The Morgan fingerprint density at radius 2 is 1.81 bits per heavy atom. The van der Waals surface area contributed by atoms with Crippen molar-refractivity contribution in [2.45, 2.75) is 14.4 Å². The summed E-state index contributed by atoms with van der Waals surface area (Å²) in [6.45, 7) is -0.359. The van der Waals surface area contributed by atoms with Gasteiger partial charge in [0.2, 0.25) is 10.0 Å². The predicted molar refractivity (Wildman–Crippen MR) is 101 cm³/mol. The largest absolute Gasteiger partial charge is 0.497 e. The van der Waals surface area contributed by atoms with Crippen molar-refractivity contribution in [2.75, 3.05) is 13.7 Å². The van der Waals surface area contributed by atoms with Gasteiger partial charge in [-0.15, -0.1) is 11.3 Å². The maximum Gasteiger partial charge on any atom is 0.240 e. The molecule has 0 aliphatic rings. The second-order valence-electron chi connectivity index (χ2n) is 5.51. The molecule has 1 aromatic carbocycles. The maximum atomic E-state index is 12.9. The number of methoxy groups -OCH3 is 1. The Kier molecular flexibility index (Phi) is 5.70. The fourth-order valence-corrected chi connectivity index (χ4v) is 6.37. The van der Waals surface area contributed by atoms with Crippen LogP contribution < -0.4 is 9.46 Å². The summed E-state index contributed by atoms with van der Waals surface area (Å²) in [4.78, 5) is 0.00927. The molecule has 27 heavy (non-hydrogen) atoms. The number of nitrogens with one attached hydrogen (secondary N) is 1. The van der Waals surface area contributed by atoms with Crippen molar-refractivity contribution in [3.63, 3.8) is 0 Å². The van der Waals surface area contributed by atoms with Gasteiger partial charge in [-0.05, 0) is 47.8 Å². The Labute approximate surface area is 161 Å². The van der Waals surface area contributed by atoms with Crippen LogP contribution in [0.4, 0.5) is 0 Å². The fraction of sp³-hybridized carbons (Fsp3) is 0.176. The lowest BCUT2D eigenvalue weighted by molar-refractivity contribution is 0.414. The third kappa shape index (κ3) is 4.24. The predicted octanol–water partition coefficient (Wildman–Crippen LogP) is 2.84. The van der Waals surface area contributed by atoms with Crippen molar-refractivity contribution in [2.24, 2.45) is 0 Å². The Morgan fingerprint density at radius 3 is 2.37 bits per heavy atom. The van der Waals surface area contributed by atoms with Crippen LogP contribution in [0.5, 0.6) is 5.75 Å². The molecule has 144 valence electrons. The van der Waals surface area contributed by atoms with Crippen LogP contribution in [0.3, 0.4) is 0 Å². The van der Waals surface area contributed by atoms with E-state index in [2.05, 4.69) is 4.72 Å². The van der Waals surface area contributed by atoms with Crippen LogP contribution in [-0.4, -0.2) is 30.5 Å². The van der Waals surface area contributed by atoms with Crippen LogP contribution in [0.15, 0.2) is 73.7 Å². The summed E-state index contributed by atoms with van der Waals surface area (Å²) in [5, 5.41) is 0.465. The summed E-state index contributed by atoms with van der Waals surface area (Å²) in [6.07, 6.45) is 1.35. The van der Waals surface area contributed by atoms with Crippen molar-refractivity contribution < 1.29 is 26.0 Å². The van der Waals surface area contributed by atoms with Gasteiger partial charge in [-0.3, -0.25) is 0 Å². The van der Waals surface area contributed by atoms with Crippen LogP contribution in [-0.2, 0) is 19.9 Å². The molecular weight excluding hydrogens is 410 g/mol. The minimum atomic E-state index is -3.91. The highest BCUT2D eigenvalue weighted by molar-refractivity contribution is 7.93. The van der Waals surface area contributed by atoms with Gasteiger partial charge in [0.25, 0.3) is 0 Å². The summed E-state index contributed by atoms with van der Waals surface area (Å²) in [7, 11) is -6.25. The molecule has 2 aromatic heterocycles. The molecule has 0 saturated carbocycles. The van der Waals surface area contributed by atoms with Gasteiger partial charge in [-0.2, -0.15) is 0 Å². The lowest BCUT2D eigenvalue weighted by atomic mass is 10.3. The summed E-state index contributed by atoms with van der Waals surface area (Å²) >= 11 is 1.07. The Balaban J connectivity index is 1.87. The molecule has 0 saturated heterocycles. The molecular formula is C17H17NO6S3. The molecule has 1 N–H and O–H groups in total. The van der Waals surface area contributed by atoms with E-state index in [1.165, 1.54) is 49.8 Å². The molecule has 0 fully saturated rings.